The molecule has 0 radical (unpaired) electrons. The van der Waals surface area contributed by atoms with Gasteiger partial charge in [0, 0.05) is 12.8 Å². The molecule has 0 heterocycles. The molecule has 0 aliphatic heterocycles. The molecule has 1 amide bonds. The third kappa shape index (κ3) is 2.95. The van der Waals surface area contributed by atoms with Crippen LogP contribution >= 0.6 is 0 Å². The van der Waals surface area contributed by atoms with Crippen LogP contribution in [0.1, 0.15) is 19.3 Å². The van der Waals surface area contributed by atoms with Crippen LogP contribution in [0.5, 0.6) is 0 Å². The van der Waals surface area contributed by atoms with Crippen molar-refractivity contribution in [2.75, 3.05) is 18.6 Å². The van der Waals surface area contributed by atoms with Gasteiger partial charge >= 0.3 is 0 Å². The van der Waals surface area contributed by atoms with Crippen LogP contribution in [0.25, 0.3) is 0 Å². The highest BCUT2D eigenvalue weighted by atomic mass is 32.2. The van der Waals surface area contributed by atoms with E-state index in [-0.39, 0.29) is 18.2 Å². The molecule has 0 bridgehead atoms. The minimum atomic E-state index is -3.01. The lowest BCUT2D eigenvalue weighted by Crippen LogP contribution is -2.58. The van der Waals surface area contributed by atoms with Gasteiger partial charge in [0.05, 0.1) is 11.3 Å². The monoisotopic (exact) mass is 220 g/mol. The Labute approximate surface area is 84.0 Å². The smallest absolute Gasteiger partial charge is 0.240 e. The molecule has 1 fully saturated rings. The fourth-order valence-electron chi connectivity index (χ4n) is 1.31. The molecule has 0 aromatic heterocycles. The maximum atomic E-state index is 11.4. The SMILES string of the molecule is CS(=O)(=O)CCNC(=O)C1(N)CCC1. The summed E-state index contributed by atoms with van der Waals surface area (Å²) in [5.41, 5.74) is 5.00. The summed E-state index contributed by atoms with van der Waals surface area (Å²) >= 11 is 0. The number of carbonyl (C=O) groups excluding carboxylic acids is 1. The first-order valence-corrected chi connectivity index (χ1v) is 6.64. The average molecular weight is 220 g/mol. The zero-order valence-electron chi connectivity index (χ0n) is 8.25. The number of nitrogens with two attached hydrogens (primary N) is 1. The molecule has 3 N–H and O–H groups in total. The summed E-state index contributed by atoms with van der Waals surface area (Å²) in [5, 5.41) is 2.54. The van der Waals surface area contributed by atoms with Gasteiger partial charge in [-0.2, -0.15) is 0 Å². The predicted molar refractivity (Wildman–Crippen MR) is 53.5 cm³/mol. The number of hydrogen-bond acceptors (Lipinski definition) is 4. The van der Waals surface area contributed by atoms with Crippen molar-refractivity contribution in [2.45, 2.75) is 24.8 Å². The Kier molecular flexibility index (Phi) is 3.16. The van der Waals surface area contributed by atoms with E-state index in [9.17, 15) is 13.2 Å². The van der Waals surface area contributed by atoms with Crippen molar-refractivity contribution in [1.82, 2.24) is 5.32 Å². The summed E-state index contributed by atoms with van der Waals surface area (Å²) in [6.45, 7) is 0.149. The van der Waals surface area contributed by atoms with Crippen molar-refractivity contribution >= 4 is 15.7 Å². The van der Waals surface area contributed by atoms with Crippen molar-refractivity contribution < 1.29 is 13.2 Å². The second kappa shape index (κ2) is 3.86. The standard InChI is InChI=1S/C8H16N2O3S/c1-14(12,13)6-5-10-7(11)8(9)3-2-4-8/h2-6,9H2,1H3,(H,10,11). The van der Waals surface area contributed by atoms with Gasteiger partial charge in [0.1, 0.15) is 9.84 Å². The van der Waals surface area contributed by atoms with Gasteiger partial charge in [-0.05, 0) is 19.3 Å². The first-order chi connectivity index (χ1) is 6.33. The molecule has 82 valence electrons. The van der Waals surface area contributed by atoms with E-state index in [4.69, 9.17) is 5.73 Å². The molecule has 0 saturated heterocycles. The first kappa shape index (κ1) is 11.5. The van der Waals surface area contributed by atoms with Crippen LogP contribution in [0.2, 0.25) is 0 Å². The third-order valence-corrected chi connectivity index (χ3v) is 3.40. The van der Waals surface area contributed by atoms with E-state index in [0.717, 1.165) is 12.7 Å². The Morgan fingerprint density at radius 3 is 2.43 bits per heavy atom. The molecule has 0 aromatic carbocycles. The Hall–Kier alpha value is -0.620. The normalized spacial score (nSPS) is 19.9. The second-order valence-corrected chi connectivity index (χ2v) is 6.16. The fourth-order valence-corrected chi connectivity index (χ4v) is 1.78. The summed E-state index contributed by atoms with van der Waals surface area (Å²) in [4.78, 5) is 11.4. The molecule has 14 heavy (non-hydrogen) atoms. The van der Waals surface area contributed by atoms with Crippen LogP contribution in [-0.2, 0) is 14.6 Å². The van der Waals surface area contributed by atoms with Crippen LogP contribution in [0.3, 0.4) is 0 Å². The highest BCUT2D eigenvalue weighted by Gasteiger charge is 2.39. The molecule has 0 aromatic rings. The highest BCUT2D eigenvalue weighted by molar-refractivity contribution is 7.90. The Morgan fingerprint density at radius 1 is 1.50 bits per heavy atom. The number of sulfone groups is 1. The van der Waals surface area contributed by atoms with Crippen LogP contribution in [0.4, 0.5) is 0 Å². The van der Waals surface area contributed by atoms with E-state index in [1.165, 1.54) is 0 Å². The predicted octanol–water partition coefficient (Wildman–Crippen LogP) is -0.971. The zero-order chi connectivity index (χ0) is 10.8. The maximum absolute atomic E-state index is 11.4. The van der Waals surface area contributed by atoms with Gasteiger partial charge in [-0.1, -0.05) is 0 Å². The van der Waals surface area contributed by atoms with Crippen molar-refractivity contribution in [3.63, 3.8) is 0 Å². The molecule has 0 unspecified atom stereocenters. The van der Waals surface area contributed by atoms with Crippen molar-refractivity contribution in [2.24, 2.45) is 5.73 Å². The quantitative estimate of drug-likeness (QED) is 0.638. The van der Waals surface area contributed by atoms with E-state index < -0.39 is 15.4 Å². The summed E-state index contributed by atoms with van der Waals surface area (Å²) in [6.07, 6.45) is 3.49. The summed E-state index contributed by atoms with van der Waals surface area (Å²) in [6, 6.07) is 0. The molecule has 1 aliphatic carbocycles. The summed E-state index contributed by atoms with van der Waals surface area (Å²) in [5.74, 6) is -0.262. The van der Waals surface area contributed by atoms with Gasteiger partial charge in [0.15, 0.2) is 0 Å². The van der Waals surface area contributed by atoms with Crippen LogP contribution in [-0.4, -0.2) is 38.4 Å². The molecule has 6 heteroatoms. The van der Waals surface area contributed by atoms with Gasteiger partial charge < -0.3 is 11.1 Å². The second-order valence-electron chi connectivity index (χ2n) is 3.90. The van der Waals surface area contributed by atoms with Crippen molar-refractivity contribution in [1.29, 1.82) is 0 Å². The largest absolute Gasteiger partial charge is 0.353 e. The average Bonchev–Trinajstić information content (AvgIpc) is 1.97. The Bertz CT molecular complexity index is 319. The molecular weight excluding hydrogens is 204 g/mol. The Morgan fingerprint density at radius 2 is 2.07 bits per heavy atom. The lowest BCUT2D eigenvalue weighted by atomic mass is 9.77. The van der Waals surface area contributed by atoms with Gasteiger partial charge in [0.2, 0.25) is 5.91 Å². The number of rotatable bonds is 4. The fraction of sp³-hybridized carbons (Fsp3) is 0.875. The number of carbonyl (C=O) groups is 1. The van der Waals surface area contributed by atoms with Crippen molar-refractivity contribution in [3.8, 4) is 0 Å². The minimum absolute atomic E-state index is 0.0329. The molecule has 5 nitrogen and oxygen atoms in total. The summed E-state index contributed by atoms with van der Waals surface area (Å²) < 4.78 is 21.5. The molecule has 0 spiro atoms. The van der Waals surface area contributed by atoms with Crippen molar-refractivity contribution in [3.05, 3.63) is 0 Å². The highest BCUT2D eigenvalue weighted by Crippen LogP contribution is 2.28. The first-order valence-electron chi connectivity index (χ1n) is 4.58. The van der Waals surface area contributed by atoms with Gasteiger partial charge in [-0.3, -0.25) is 4.79 Å². The number of nitrogens with one attached hydrogen (secondary N) is 1. The van der Waals surface area contributed by atoms with Crippen LogP contribution in [0.15, 0.2) is 0 Å². The van der Waals surface area contributed by atoms with Gasteiger partial charge in [0.25, 0.3) is 0 Å². The van der Waals surface area contributed by atoms with E-state index in [1.54, 1.807) is 0 Å². The lowest BCUT2D eigenvalue weighted by Gasteiger charge is -2.36. The van der Waals surface area contributed by atoms with Crippen LogP contribution < -0.4 is 11.1 Å². The Balaban J connectivity index is 2.29. The topological polar surface area (TPSA) is 89.3 Å². The van der Waals surface area contributed by atoms with Gasteiger partial charge in [-0.15, -0.1) is 0 Å². The number of amides is 1. The molecule has 1 rings (SSSR count). The van der Waals surface area contributed by atoms with E-state index >= 15 is 0 Å². The molecular formula is C8H16N2O3S. The van der Waals surface area contributed by atoms with E-state index in [1.807, 2.05) is 0 Å². The number of hydrogen-bond donors (Lipinski definition) is 2. The van der Waals surface area contributed by atoms with Gasteiger partial charge in [-0.25, -0.2) is 8.42 Å². The third-order valence-electron chi connectivity index (χ3n) is 2.46. The van der Waals surface area contributed by atoms with Crippen LogP contribution in [0, 0.1) is 0 Å². The lowest BCUT2D eigenvalue weighted by molar-refractivity contribution is -0.129. The minimum Gasteiger partial charge on any atom is -0.353 e. The summed E-state index contributed by atoms with van der Waals surface area (Å²) in [7, 11) is -3.01. The van der Waals surface area contributed by atoms with E-state index in [0.29, 0.717) is 12.8 Å². The molecule has 0 atom stereocenters. The zero-order valence-corrected chi connectivity index (χ0v) is 9.06. The van der Waals surface area contributed by atoms with E-state index in [2.05, 4.69) is 5.32 Å². The maximum Gasteiger partial charge on any atom is 0.240 e. The molecule has 1 saturated carbocycles. The molecule has 1 aliphatic rings.